The Morgan fingerprint density at radius 2 is 1.95 bits per heavy atom. The van der Waals surface area contributed by atoms with E-state index >= 15 is 0 Å². The van der Waals surface area contributed by atoms with Crippen LogP contribution in [0.3, 0.4) is 0 Å². The predicted octanol–water partition coefficient (Wildman–Crippen LogP) is 1.87. The summed E-state index contributed by atoms with van der Waals surface area (Å²) in [6.45, 7) is 5.43. The van der Waals surface area contributed by atoms with Crippen molar-refractivity contribution in [3.05, 3.63) is 0 Å². The first-order chi connectivity index (χ1) is 9.94. The zero-order chi connectivity index (χ0) is 15.5. The highest BCUT2D eigenvalue weighted by molar-refractivity contribution is 5.79. The monoisotopic (exact) mass is 296 g/mol. The van der Waals surface area contributed by atoms with Crippen LogP contribution in [-0.2, 0) is 9.59 Å². The summed E-state index contributed by atoms with van der Waals surface area (Å²) in [5.74, 6) is -0.596. The summed E-state index contributed by atoms with van der Waals surface area (Å²) in [6.07, 6.45) is 6.46. The second kappa shape index (κ2) is 6.77. The number of carboxylic acid groups (broad SMARTS) is 1. The number of nitrogens with zero attached hydrogens (tertiary/aromatic N) is 1. The lowest BCUT2D eigenvalue weighted by atomic mass is 9.76. The van der Waals surface area contributed by atoms with Gasteiger partial charge in [-0.25, -0.2) is 0 Å². The van der Waals surface area contributed by atoms with Crippen molar-refractivity contribution < 1.29 is 14.7 Å². The lowest BCUT2D eigenvalue weighted by Crippen LogP contribution is -2.44. The van der Waals surface area contributed by atoms with Crippen molar-refractivity contribution in [2.24, 2.45) is 11.3 Å². The summed E-state index contributed by atoms with van der Waals surface area (Å²) in [7, 11) is 0. The second-order valence-corrected chi connectivity index (χ2v) is 6.98. The molecular formula is C16H28N2O3. The number of likely N-dealkylation sites (tertiary alicyclic amines) is 1. The van der Waals surface area contributed by atoms with E-state index in [2.05, 4.69) is 5.32 Å². The third kappa shape index (κ3) is 3.76. The lowest BCUT2D eigenvalue weighted by molar-refractivity contribution is -0.151. The van der Waals surface area contributed by atoms with Gasteiger partial charge in [0.25, 0.3) is 0 Å². The summed E-state index contributed by atoms with van der Waals surface area (Å²) >= 11 is 0. The molecule has 1 aliphatic carbocycles. The van der Waals surface area contributed by atoms with Crippen LogP contribution in [0.2, 0.25) is 0 Å². The second-order valence-electron chi connectivity index (χ2n) is 6.98. The van der Waals surface area contributed by atoms with E-state index in [1.165, 1.54) is 19.3 Å². The van der Waals surface area contributed by atoms with Gasteiger partial charge in [0.15, 0.2) is 0 Å². The maximum atomic E-state index is 12.1. The molecule has 5 nitrogen and oxygen atoms in total. The van der Waals surface area contributed by atoms with E-state index in [0.717, 1.165) is 12.8 Å². The number of nitrogens with one attached hydrogen (secondary N) is 1. The fraction of sp³-hybridized carbons (Fsp3) is 0.875. The van der Waals surface area contributed by atoms with Gasteiger partial charge in [-0.2, -0.15) is 0 Å². The molecule has 0 bridgehead atoms. The summed E-state index contributed by atoms with van der Waals surface area (Å²) < 4.78 is 0. The molecule has 1 saturated heterocycles. The summed E-state index contributed by atoms with van der Waals surface area (Å²) in [5, 5.41) is 12.6. The topological polar surface area (TPSA) is 69.6 Å². The van der Waals surface area contributed by atoms with Crippen LogP contribution in [0.15, 0.2) is 0 Å². The number of aliphatic carboxylic acids is 1. The Balaban J connectivity index is 1.84. The first-order valence-electron chi connectivity index (χ1n) is 8.19. The van der Waals surface area contributed by atoms with Gasteiger partial charge < -0.3 is 10.4 Å². The first-order valence-corrected chi connectivity index (χ1v) is 8.19. The van der Waals surface area contributed by atoms with Crippen LogP contribution in [0, 0.1) is 11.3 Å². The fourth-order valence-corrected chi connectivity index (χ4v) is 3.67. The number of rotatable bonds is 5. The molecule has 5 heteroatoms. The number of carboxylic acids is 1. The minimum atomic E-state index is -0.729. The van der Waals surface area contributed by atoms with Gasteiger partial charge in [0.1, 0.15) is 0 Å². The lowest BCUT2D eigenvalue weighted by Gasteiger charge is -2.29. The summed E-state index contributed by atoms with van der Waals surface area (Å²) in [6, 6.07) is 0.322. The smallest absolute Gasteiger partial charge is 0.311 e. The Bertz CT molecular complexity index is 391. The molecule has 0 spiro atoms. The van der Waals surface area contributed by atoms with E-state index < -0.39 is 11.4 Å². The number of amides is 1. The predicted molar refractivity (Wildman–Crippen MR) is 81.0 cm³/mol. The standard InChI is InChI=1S/C16H28N2O3/c1-12(2)16(15(20)21)8-9-18(11-16)10-14(19)17-13-6-4-3-5-7-13/h12-13H,3-11H2,1-2H3,(H,17,19)(H,20,21). The molecule has 1 unspecified atom stereocenters. The van der Waals surface area contributed by atoms with Crippen LogP contribution in [0.4, 0.5) is 0 Å². The van der Waals surface area contributed by atoms with E-state index in [0.29, 0.717) is 32.1 Å². The molecule has 0 aromatic carbocycles. The minimum absolute atomic E-state index is 0.0480. The highest BCUT2D eigenvalue weighted by atomic mass is 16.4. The highest BCUT2D eigenvalue weighted by Crippen LogP contribution is 2.37. The zero-order valence-electron chi connectivity index (χ0n) is 13.2. The van der Waals surface area contributed by atoms with Crippen LogP contribution >= 0.6 is 0 Å². The Hall–Kier alpha value is -1.10. The molecule has 0 radical (unpaired) electrons. The maximum Gasteiger partial charge on any atom is 0.311 e. The van der Waals surface area contributed by atoms with E-state index in [1.54, 1.807) is 0 Å². The molecule has 2 aliphatic rings. The Labute approximate surface area is 127 Å². The van der Waals surface area contributed by atoms with Gasteiger partial charge in [0, 0.05) is 12.6 Å². The molecule has 120 valence electrons. The van der Waals surface area contributed by atoms with Gasteiger partial charge in [-0.05, 0) is 31.7 Å². The molecule has 21 heavy (non-hydrogen) atoms. The van der Waals surface area contributed by atoms with Crippen LogP contribution < -0.4 is 5.32 Å². The summed E-state index contributed by atoms with van der Waals surface area (Å²) in [5.41, 5.74) is -0.689. The molecule has 1 heterocycles. The fourth-order valence-electron chi connectivity index (χ4n) is 3.67. The average molecular weight is 296 g/mol. The molecule has 2 fully saturated rings. The molecule has 1 amide bonds. The van der Waals surface area contributed by atoms with Crippen molar-refractivity contribution in [2.75, 3.05) is 19.6 Å². The van der Waals surface area contributed by atoms with Gasteiger partial charge in [-0.3, -0.25) is 14.5 Å². The van der Waals surface area contributed by atoms with Gasteiger partial charge >= 0.3 is 5.97 Å². The average Bonchev–Trinajstić information content (AvgIpc) is 2.85. The Morgan fingerprint density at radius 1 is 1.29 bits per heavy atom. The molecule has 1 atom stereocenters. The van der Waals surface area contributed by atoms with Crippen molar-refractivity contribution in [2.45, 2.75) is 58.4 Å². The highest BCUT2D eigenvalue weighted by Gasteiger charge is 2.47. The van der Waals surface area contributed by atoms with Crippen molar-refractivity contribution in [1.82, 2.24) is 10.2 Å². The third-order valence-electron chi connectivity index (χ3n) is 5.25. The number of carbonyl (C=O) groups excluding carboxylic acids is 1. The molecule has 2 N–H and O–H groups in total. The molecule has 1 saturated carbocycles. The first kappa shape index (κ1) is 16.3. The van der Waals surface area contributed by atoms with Crippen LogP contribution in [-0.4, -0.2) is 47.6 Å². The molecule has 2 rings (SSSR count). The maximum absolute atomic E-state index is 12.1. The van der Waals surface area contributed by atoms with E-state index in [1.807, 2.05) is 18.7 Å². The summed E-state index contributed by atoms with van der Waals surface area (Å²) in [4.78, 5) is 25.7. The Kier molecular flexibility index (Phi) is 5.25. The molecular weight excluding hydrogens is 268 g/mol. The van der Waals surface area contributed by atoms with Crippen molar-refractivity contribution >= 4 is 11.9 Å². The molecule has 0 aromatic rings. The molecule has 0 aromatic heterocycles. The number of hydrogen-bond acceptors (Lipinski definition) is 3. The van der Waals surface area contributed by atoms with Gasteiger partial charge in [-0.1, -0.05) is 33.1 Å². The van der Waals surface area contributed by atoms with Crippen molar-refractivity contribution in [1.29, 1.82) is 0 Å². The number of carbonyl (C=O) groups is 2. The minimum Gasteiger partial charge on any atom is -0.481 e. The van der Waals surface area contributed by atoms with Crippen LogP contribution in [0.1, 0.15) is 52.4 Å². The van der Waals surface area contributed by atoms with E-state index in [9.17, 15) is 14.7 Å². The van der Waals surface area contributed by atoms with E-state index in [-0.39, 0.29) is 11.8 Å². The van der Waals surface area contributed by atoms with Gasteiger partial charge in [0.2, 0.25) is 5.91 Å². The number of hydrogen-bond donors (Lipinski definition) is 2. The van der Waals surface area contributed by atoms with Crippen LogP contribution in [0.5, 0.6) is 0 Å². The van der Waals surface area contributed by atoms with Crippen molar-refractivity contribution in [3.8, 4) is 0 Å². The molecule has 1 aliphatic heterocycles. The Morgan fingerprint density at radius 3 is 2.48 bits per heavy atom. The largest absolute Gasteiger partial charge is 0.481 e. The van der Waals surface area contributed by atoms with Crippen molar-refractivity contribution in [3.63, 3.8) is 0 Å². The normalized spacial score (nSPS) is 28.0. The van der Waals surface area contributed by atoms with Crippen LogP contribution in [0.25, 0.3) is 0 Å². The van der Waals surface area contributed by atoms with Gasteiger partial charge in [-0.15, -0.1) is 0 Å². The third-order valence-corrected chi connectivity index (χ3v) is 5.25. The van der Waals surface area contributed by atoms with Gasteiger partial charge in [0.05, 0.1) is 12.0 Å². The zero-order valence-corrected chi connectivity index (χ0v) is 13.2. The van der Waals surface area contributed by atoms with E-state index in [4.69, 9.17) is 0 Å². The quantitative estimate of drug-likeness (QED) is 0.812. The SMILES string of the molecule is CC(C)C1(C(=O)O)CCN(CC(=O)NC2CCCCC2)C1.